The number of hydrogen-bond donors (Lipinski definition) is 2. The molecule has 0 aromatic carbocycles. The second-order valence-corrected chi connectivity index (χ2v) is 3.57. The van der Waals surface area contributed by atoms with Gasteiger partial charge < -0.3 is 10.2 Å². The van der Waals surface area contributed by atoms with Crippen LogP contribution in [0.25, 0.3) is 0 Å². The van der Waals surface area contributed by atoms with Crippen LogP contribution in [0.4, 0.5) is 0 Å². The number of rotatable bonds is 1. The topological polar surface area (TPSA) is 53.4 Å². The Morgan fingerprint density at radius 2 is 2.14 bits per heavy atom. The summed E-state index contributed by atoms with van der Waals surface area (Å²) in [5, 5.41) is 19.0. The molecule has 1 aliphatic carbocycles. The summed E-state index contributed by atoms with van der Waals surface area (Å²) in [6, 6.07) is 3.78. The highest BCUT2D eigenvalue weighted by Crippen LogP contribution is 2.27. The Hall–Kier alpha value is -1.19. The van der Waals surface area contributed by atoms with E-state index >= 15 is 0 Å². The fourth-order valence-electron chi connectivity index (χ4n) is 1.76. The molecule has 0 saturated carbocycles. The summed E-state index contributed by atoms with van der Waals surface area (Å²) in [4.78, 5) is 4.01. The minimum atomic E-state index is -0.516. The molecule has 1 aliphatic rings. The highest BCUT2D eigenvalue weighted by atomic mass is 16.3. The zero-order valence-corrected chi connectivity index (χ0v) is 7.74. The molecule has 1 aromatic rings. The van der Waals surface area contributed by atoms with Gasteiger partial charge in [0, 0.05) is 24.7 Å². The van der Waals surface area contributed by atoms with E-state index in [9.17, 15) is 10.2 Å². The van der Waals surface area contributed by atoms with Gasteiger partial charge in [-0.1, -0.05) is 18.2 Å². The van der Waals surface area contributed by atoms with E-state index in [1.807, 2.05) is 18.2 Å². The number of nitrogens with zero attached hydrogens (tertiary/aromatic N) is 1. The fraction of sp³-hybridized carbons (Fsp3) is 0.364. The largest absolute Gasteiger partial charge is 0.392 e. The molecule has 0 saturated heterocycles. The van der Waals surface area contributed by atoms with E-state index in [1.54, 1.807) is 18.5 Å². The SMILES string of the molecule is OC1C=CC(c2cccnc2)C(O)C1. The number of hydrogen-bond acceptors (Lipinski definition) is 3. The van der Waals surface area contributed by atoms with Gasteiger partial charge in [-0.3, -0.25) is 4.98 Å². The Morgan fingerprint density at radius 3 is 2.79 bits per heavy atom. The number of aliphatic hydroxyl groups is 2. The summed E-state index contributed by atoms with van der Waals surface area (Å²) in [7, 11) is 0. The molecule has 2 rings (SSSR count). The number of pyridine rings is 1. The van der Waals surface area contributed by atoms with Crippen LogP contribution in [0.5, 0.6) is 0 Å². The molecule has 0 fully saturated rings. The molecule has 74 valence electrons. The minimum Gasteiger partial charge on any atom is -0.392 e. The second kappa shape index (κ2) is 3.90. The van der Waals surface area contributed by atoms with Gasteiger partial charge in [-0.05, 0) is 11.6 Å². The van der Waals surface area contributed by atoms with Crippen molar-refractivity contribution in [2.24, 2.45) is 0 Å². The van der Waals surface area contributed by atoms with E-state index in [-0.39, 0.29) is 5.92 Å². The predicted octanol–water partition coefficient (Wildman–Crippen LogP) is 0.847. The van der Waals surface area contributed by atoms with Gasteiger partial charge >= 0.3 is 0 Å². The molecule has 2 N–H and O–H groups in total. The molecule has 3 atom stereocenters. The summed E-state index contributed by atoms with van der Waals surface area (Å²) in [6.07, 6.45) is 6.39. The Bertz CT molecular complexity index is 323. The van der Waals surface area contributed by atoms with Crippen LogP contribution in [0.1, 0.15) is 17.9 Å². The Labute approximate surface area is 82.7 Å². The van der Waals surface area contributed by atoms with Crippen molar-refractivity contribution in [1.29, 1.82) is 0 Å². The van der Waals surface area contributed by atoms with Crippen molar-refractivity contribution in [1.82, 2.24) is 4.98 Å². The van der Waals surface area contributed by atoms with E-state index in [0.29, 0.717) is 6.42 Å². The minimum absolute atomic E-state index is 0.0351. The van der Waals surface area contributed by atoms with Gasteiger partial charge in [0.2, 0.25) is 0 Å². The summed E-state index contributed by atoms with van der Waals surface area (Å²) >= 11 is 0. The van der Waals surface area contributed by atoms with E-state index in [2.05, 4.69) is 4.98 Å². The van der Waals surface area contributed by atoms with Crippen molar-refractivity contribution in [3.63, 3.8) is 0 Å². The fourth-order valence-corrected chi connectivity index (χ4v) is 1.76. The van der Waals surface area contributed by atoms with E-state index in [0.717, 1.165) is 5.56 Å². The van der Waals surface area contributed by atoms with Crippen LogP contribution in [0.3, 0.4) is 0 Å². The third kappa shape index (κ3) is 1.84. The van der Waals surface area contributed by atoms with E-state index in [4.69, 9.17) is 0 Å². The highest BCUT2D eigenvalue weighted by molar-refractivity contribution is 5.24. The van der Waals surface area contributed by atoms with Crippen LogP contribution < -0.4 is 0 Å². The third-order valence-corrected chi connectivity index (χ3v) is 2.51. The molecule has 3 nitrogen and oxygen atoms in total. The molecule has 3 heteroatoms. The molecule has 0 radical (unpaired) electrons. The van der Waals surface area contributed by atoms with Gasteiger partial charge in [0.25, 0.3) is 0 Å². The standard InChI is InChI=1S/C11H13NO2/c13-9-3-4-10(11(14)6-9)8-2-1-5-12-7-8/h1-5,7,9-11,13-14H,6H2. The average Bonchev–Trinajstić information content (AvgIpc) is 2.19. The van der Waals surface area contributed by atoms with Crippen LogP contribution >= 0.6 is 0 Å². The van der Waals surface area contributed by atoms with Gasteiger partial charge in [0.1, 0.15) is 0 Å². The number of aliphatic hydroxyl groups excluding tert-OH is 2. The lowest BCUT2D eigenvalue weighted by Crippen LogP contribution is -2.26. The first-order valence-electron chi connectivity index (χ1n) is 4.72. The van der Waals surface area contributed by atoms with Gasteiger partial charge in [0.15, 0.2) is 0 Å². The molecule has 0 bridgehead atoms. The molecule has 1 aromatic heterocycles. The summed E-state index contributed by atoms with van der Waals surface area (Å²) in [6.45, 7) is 0. The van der Waals surface area contributed by atoms with Crippen molar-refractivity contribution in [2.45, 2.75) is 24.5 Å². The molecular weight excluding hydrogens is 178 g/mol. The molecule has 3 unspecified atom stereocenters. The first-order valence-corrected chi connectivity index (χ1v) is 4.72. The zero-order valence-electron chi connectivity index (χ0n) is 7.74. The maximum atomic E-state index is 9.75. The third-order valence-electron chi connectivity index (χ3n) is 2.51. The maximum absolute atomic E-state index is 9.75. The molecule has 14 heavy (non-hydrogen) atoms. The Kier molecular flexibility index (Phi) is 2.61. The van der Waals surface area contributed by atoms with Crippen LogP contribution in [0.2, 0.25) is 0 Å². The summed E-state index contributed by atoms with van der Waals surface area (Å²) in [5.41, 5.74) is 0.989. The second-order valence-electron chi connectivity index (χ2n) is 3.57. The van der Waals surface area contributed by atoms with Crippen LogP contribution in [-0.4, -0.2) is 27.4 Å². The number of aromatic nitrogens is 1. The Balaban J connectivity index is 2.23. The van der Waals surface area contributed by atoms with Gasteiger partial charge in [-0.2, -0.15) is 0 Å². The van der Waals surface area contributed by atoms with Gasteiger partial charge in [-0.25, -0.2) is 0 Å². The monoisotopic (exact) mass is 191 g/mol. The zero-order chi connectivity index (χ0) is 9.97. The van der Waals surface area contributed by atoms with Crippen LogP contribution in [0.15, 0.2) is 36.7 Å². The molecule has 1 heterocycles. The first-order chi connectivity index (χ1) is 6.77. The lowest BCUT2D eigenvalue weighted by molar-refractivity contribution is 0.0845. The average molecular weight is 191 g/mol. The van der Waals surface area contributed by atoms with E-state index in [1.165, 1.54) is 0 Å². The smallest absolute Gasteiger partial charge is 0.0746 e. The van der Waals surface area contributed by atoms with E-state index < -0.39 is 12.2 Å². The predicted molar refractivity (Wildman–Crippen MR) is 52.7 cm³/mol. The highest BCUT2D eigenvalue weighted by Gasteiger charge is 2.24. The normalized spacial score (nSPS) is 31.7. The maximum Gasteiger partial charge on any atom is 0.0746 e. The molecule has 0 amide bonds. The molecule has 0 aliphatic heterocycles. The Morgan fingerprint density at radius 1 is 1.29 bits per heavy atom. The summed E-state index contributed by atoms with van der Waals surface area (Å²) in [5.74, 6) is -0.0351. The van der Waals surface area contributed by atoms with Crippen molar-refractivity contribution in [3.05, 3.63) is 42.2 Å². The van der Waals surface area contributed by atoms with Gasteiger partial charge in [-0.15, -0.1) is 0 Å². The van der Waals surface area contributed by atoms with Crippen molar-refractivity contribution < 1.29 is 10.2 Å². The van der Waals surface area contributed by atoms with Gasteiger partial charge in [0.05, 0.1) is 12.2 Å². The van der Waals surface area contributed by atoms with Crippen molar-refractivity contribution >= 4 is 0 Å². The van der Waals surface area contributed by atoms with Crippen molar-refractivity contribution in [2.75, 3.05) is 0 Å². The first kappa shape index (κ1) is 9.37. The van der Waals surface area contributed by atoms with Crippen LogP contribution in [-0.2, 0) is 0 Å². The van der Waals surface area contributed by atoms with Crippen molar-refractivity contribution in [3.8, 4) is 0 Å². The lowest BCUT2D eigenvalue weighted by Gasteiger charge is -2.25. The molecule has 0 spiro atoms. The molecular formula is C11H13NO2. The van der Waals surface area contributed by atoms with Crippen LogP contribution in [0, 0.1) is 0 Å². The summed E-state index contributed by atoms with van der Waals surface area (Å²) < 4.78 is 0. The quantitative estimate of drug-likeness (QED) is 0.647. The lowest BCUT2D eigenvalue weighted by atomic mass is 9.86.